The van der Waals surface area contributed by atoms with E-state index in [1.165, 1.54) is 12.1 Å². The van der Waals surface area contributed by atoms with Crippen LogP contribution in [0.25, 0.3) is 0 Å². The fourth-order valence-corrected chi connectivity index (χ4v) is 2.81. The fourth-order valence-electron chi connectivity index (χ4n) is 2.81. The minimum atomic E-state index is -0.915. The van der Waals surface area contributed by atoms with E-state index in [0.717, 1.165) is 5.56 Å². The molecule has 0 aliphatic heterocycles. The third kappa shape index (κ3) is 6.38. The third-order valence-electron chi connectivity index (χ3n) is 4.25. The quantitative estimate of drug-likeness (QED) is 0.730. The van der Waals surface area contributed by atoms with E-state index < -0.39 is 11.5 Å². The number of carbonyl (C=O) groups is 2. The van der Waals surface area contributed by atoms with E-state index in [1.54, 1.807) is 6.07 Å². The second-order valence-corrected chi connectivity index (χ2v) is 6.25. The number of carboxylic acids is 1. The molecule has 0 saturated heterocycles. The standard InChI is InChI=1S/C18H26FNO3/c1-4-18(5-2,12-17(22)23)20-16(21)10-13(3)9-14-7-6-8-15(19)11-14/h6-8,11,13H,4-5,9-10,12H2,1-3H3,(H,20,21)(H,22,23). The molecular weight excluding hydrogens is 297 g/mol. The molecule has 0 radical (unpaired) electrons. The summed E-state index contributed by atoms with van der Waals surface area (Å²) < 4.78 is 13.2. The van der Waals surface area contributed by atoms with Crippen molar-refractivity contribution in [1.82, 2.24) is 5.32 Å². The molecule has 0 fully saturated rings. The fraction of sp³-hybridized carbons (Fsp3) is 0.556. The molecule has 1 aromatic rings. The zero-order valence-corrected chi connectivity index (χ0v) is 14.1. The lowest BCUT2D eigenvalue weighted by molar-refractivity contribution is -0.139. The van der Waals surface area contributed by atoms with Gasteiger partial charge in [-0.25, -0.2) is 4.39 Å². The number of carbonyl (C=O) groups excluding carboxylic acids is 1. The van der Waals surface area contributed by atoms with Gasteiger partial charge in [-0.05, 0) is 42.9 Å². The number of amides is 1. The number of hydrogen-bond donors (Lipinski definition) is 2. The average Bonchev–Trinajstić information content (AvgIpc) is 2.45. The molecule has 0 aromatic heterocycles. The second-order valence-electron chi connectivity index (χ2n) is 6.25. The number of benzene rings is 1. The van der Waals surface area contributed by atoms with Gasteiger partial charge in [0.1, 0.15) is 5.82 Å². The Labute approximate surface area is 137 Å². The lowest BCUT2D eigenvalue weighted by atomic mass is 9.88. The van der Waals surface area contributed by atoms with Crippen LogP contribution in [0.2, 0.25) is 0 Å². The summed E-state index contributed by atoms with van der Waals surface area (Å²) in [5, 5.41) is 11.9. The van der Waals surface area contributed by atoms with E-state index in [4.69, 9.17) is 5.11 Å². The van der Waals surface area contributed by atoms with Crippen LogP contribution in [0.1, 0.15) is 52.0 Å². The predicted molar refractivity (Wildman–Crippen MR) is 87.6 cm³/mol. The Balaban J connectivity index is 2.61. The van der Waals surface area contributed by atoms with Gasteiger partial charge in [0, 0.05) is 12.0 Å². The summed E-state index contributed by atoms with van der Waals surface area (Å²) in [6.07, 6.45) is 1.96. The molecule has 0 saturated carbocycles. The normalized spacial score (nSPS) is 12.7. The number of halogens is 1. The molecule has 5 heteroatoms. The number of hydrogen-bond acceptors (Lipinski definition) is 2. The Morgan fingerprint density at radius 3 is 2.48 bits per heavy atom. The topological polar surface area (TPSA) is 66.4 Å². The van der Waals surface area contributed by atoms with E-state index in [2.05, 4.69) is 5.32 Å². The number of rotatable bonds is 9. The van der Waals surface area contributed by atoms with Gasteiger partial charge in [0.05, 0.1) is 6.42 Å². The Morgan fingerprint density at radius 2 is 1.96 bits per heavy atom. The smallest absolute Gasteiger partial charge is 0.305 e. The summed E-state index contributed by atoms with van der Waals surface area (Å²) in [6.45, 7) is 5.69. The minimum absolute atomic E-state index is 0.0491. The maximum Gasteiger partial charge on any atom is 0.305 e. The molecule has 4 nitrogen and oxygen atoms in total. The minimum Gasteiger partial charge on any atom is -0.481 e. The van der Waals surface area contributed by atoms with Crippen LogP contribution in [-0.2, 0) is 16.0 Å². The highest BCUT2D eigenvalue weighted by Crippen LogP contribution is 2.21. The van der Waals surface area contributed by atoms with Gasteiger partial charge in [0.25, 0.3) is 0 Å². The van der Waals surface area contributed by atoms with Crippen LogP contribution in [-0.4, -0.2) is 22.5 Å². The first kappa shape index (κ1) is 19.1. The first-order valence-corrected chi connectivity index (χ1v) is 8.07. The Hall–Kier alpha value is -1.91. The van der Waals surface area contributed by atoms with Crippen LogP contribution >= 0.6 is 0 Å². The monoisotopic (exact) mass is 323 g/mol. The summed E-state index contributed by atoms with van der Waals surface area (Å²) in [5.41, 5.74) is 0.162. The molecule has 0 aliphatic carbocycles. The zero-order valence-electron chi connectivity index (χ0n) is 14.1. The van der Waals surface area contributed by atoms with Crippen molar-refractivity contribution in [3.05, 3.63) is 35.6 Å². The molecular formula is C18H26FNO3. The summed E-state index contributed by atoms with van der Waals surface area (Å²) >= 11 is 0. The maximum atomic E-state index is 13.2. The Kier molecular flexibility index (Phi) is 7.20. The molecule has 0 spiro atoms. The highest BCUT2D eigenvalue weighted by atomic mass is 19.1. The van der Waals surface area contributed by atoms with Crippen molar-refractivity contribution in [2.24, 2.45) is 5.92 Å². The van der Waals surface area contributed by atoms with E-state index in [1.807, 2.05) is 26.8 Å². The van der Waals surface area contributed by atoms with Gasteiger partial charge in [-0.2, -0.15) is 0 Å². The number of nitrogens with one attached hydrogen (secondary N) is 1. The van der Waals surface area contributed by atoms with Crippen molar-refractivity contribution in [3.8, 4) is 0 Å². The third-order valence-corrected chi connectivity index (χ3v) is 4.25. The summed E-state index contributed by atoms with van der Waals surface area (Å²) in [7, 11) is 0. The molecule has 1 rings (SSSR count). The lowest BCUT2D eigenvalue weighted by Gasteiger charge is -2.32. The van der Waals surface area contributed by atoms with Crippen molar-refractivity contribution in [3.63, 3.8) is 0 Å². The van der Waals surface area contributed by atoms with Crippen LogP contribution in [0.5, 0.6) is 0 Å². The van der Waals surface area contributed by atoms with Crippen LogP contribution in [0.4, 0.5) is 4.39 Å². The van der Waals surface area contributed by atoms with Gasteiger partial charge in [-0.1, -0.05) is 32.9 Å². The molecule has 1 amide bonds. The van der Waals surface area contributed by atoms with Gasteiger partial charge in [-0.3, -0.25) is 9.59 Å². The van der Waals surface area contributed by atoms with Gasteiger partial charge in [-0.15, -0.1) is 0 Å². The molecule has 2 N–H and O–H groups in total. The Morgan fingerprint density at radius 1 is 1.30 bits per heavy atom. The SMILES string of the molecule is CCC(CC)(CC(=O)O)NC(=O)CC(C)Cc1cccc(F)c1. The summed E-state index contributed by atoms with van der Waals surface area (Å²) in [5.74, 6) is -1.30. The highest BCUT2D eigenvalue weighted by Gasteiger charge is 2.31. The summed E-state index contributed by atoms with van der Waals surface area (Å²) in [6, 6.07) is 6.36. The number of carboxylic acid groups (broad SMARTS) is 1. The van der Waals surface area contributed by atoms with Gasteiger partial charge in [0.15, 0.2) is 0 Å². The van der Waals surface area contributed by atoms with E-state index >= 15 is 0 Å². The summed E-state index contributed by atoms with van der Waals surface area (Å²) in [4.78, 5) is 23.3. The number of aliphatic carboxylic acids is 1. The van der Waals surface area contributed by atoms with Crippen LogP contribution in [0.15, 0.2) is 24.3 Å². The maximum absolute atomic E-state index is 13.2. The largest absolute Gasteiger partial charge is 0.481 e. The van der Waals surface area contributed by atoms with Gasteiger partial charge < -0.3 is 10.4 Å². The van der Waals surface area contributed by atoms with Crippen LogP contribution in [0, 0.1) is 11.7 Å². The molecule has 0 aliphatic rings. The van der Waals surface area contributed by atoms with E-state index in [-0.39, 0.29) is 30.5 Å². The lowest BCUT2D eigenvalue weighted by Crippen LogP contribution is -2.49. The molecule has 1 aromatic carbocycles. The molecule has 23 heavy (non-hydrogen) atoms. The van der Waals surface area contributed by atoms with Crippen molar-refractivity contribution in [2.75, 3.05) is 0 Å². The second kappa shape index (κ2) is 8.65. The Bertz CT molecular complexity index is 541. The van der Waals surface area contributed by atoms with Crippen molar-refractivity contribution >= 4 is 11.9 Å². The molecule has 0 heterocycles. The van der Waals surface area contributed by atoms with Crippen LogP contribution in [0.3, 0.4) is 0 Å². The van der Waals surface area contributed by atoms with Crippen molar-refractivity contribution < 1.29 is 19.1 Å². The zero-order chi connectivity index (χ0) is 17.5. The molecule has 0 bridgehead atoms. The van der Waals surface area contributed by atoms with E-state index in [0.29, 0.717) is 19.3 Å². The molecule has 128 valence electrons. The predicted octanol–water partition coefficient (Wildman–Crippen LogP) is 3.54. The van der Waals surface area contributed by atoms with E-state index in [9.17, 15) is 14.0 Å². The first-order chi connectivity index (χ1) is 10.8. The van der Waals surface area contributed by atoms with Crippen molar-refractivity contribution in [1.29, 1.82) is 0 Å². The van der Waals surface area contributed by atoms with Gasteiger partial charge in [0.2, 0.25) is 5.91 Å². The highest BCUT2D eigenvalue weighted by molar-refractivity contribution is 5.78. The molecule has 1 unspecified atom stereocenters. The van der Waals surface area contributed by atoms with Crippen molar-refractivity contribution in [2.45, 2.75) is 58.4 Å². The van der Waals surface area contributed by atoms with Crippen LogP contribution < -0.4 is 5.32 Å². The molecule has 1 atom stereocenters. The average molecular weight is 323 g/mol. The first-order valence-electron chi connectivity index (χ1n) is 8.07. The van der Waals surface area contributed by atoms with Gasteiger partial charge >= 0.3 is 5.97 Å².